The second-order valence-electron chi connectivity index (χ2n) is 5.33. The van der Waals surface area contributed by atoms with Gasteiger partial charge in [0.2, 0.25) is 5.89 Å². The van der Waals surface area contributed by atoms with E-state index in [-0.39, 0.29) is 6.04 Å². The van der Waals surface area contributed by atoms with Gasteiger partial charge >= 0.3 is 0 Å². The van der Waals surface area contributed by atoms with E-state index in [0.717, 1.165) is 43.8 Å². The zero-order valence-corrected chi connectivity index (χ0v) is 11.0. The van der Waals surface area contributed by atoms with Crippen molar-refractivity contribution in [3.63, 3.8) is 0 Å². The molecule has 0 bridgehead atoms. The normalized spacial score (nSPS) is 23.4. The number of benzene rings is 1. The molecular formula is C15H19N3O. The van der Waals surface area contributed by atoms with Crippen LogP contribution in [0.2, 0.25) is 0 Å². The molecule has 1 aromatic heterocycles. The van der Waals surface area contributed by atoms with Crippen molar-refractivity contribution in [3.8, 4) is 0 Å². The maximum atomic E-state index is 6.00. The van der Waals surface area contributed by atoms with Gasteiger partial charge in [0.25, 0.3) is 0 Å². The summed E-state index contributed by atoms with van der Waals surface area (Å²) in [5, 5.41) is 4.08. The number of hydrogen-bond donors (Lipinski definition) is 1. The predicted octanol–water partition coefficient (Wildman–Crippen LogP) is 2.65. The van der Waals surface area contributed by atoms with Crippen molar-refractivity contribution in [1.29, 1.82) is 0 Å². The van der Waals surface area contributed by atoms with Gasteiger partial charge in [-0.05, 0) is 24.8 Å². The van der Waals surface area contributed by atoms with Crippen LogP contribution < -0.4 is 5.73 Å². The molecule has 0 aliphatic heterocycles. The van der Waals surface area contributed by atoms with E-state index >= 15 is 0 Å². The Morgan fingerprint density at radius 2 is 2.05 bits per heavy atom. The van der Waals surface area contributed by atoms with Gasteiger partial charge in [0.15, 0.2) is 5.82 Å². The number of hydrogen-bond acceptors (Lipinski definition) is 4. The van der Waals surface area contributed by atoms with Crippen LogP contribution in [0.3, 0.4) is 0 Å². The zero-order chi connectivity index (χ0) is 13.1. The van der Waals surface area contributed by atoms with Crippen molar-refractivity contribution >= 4 is 0 Å². The van der Waals surface area contributed by atoms with E-state index in [1.807, 2.05) is 18.2 Å². The first-order valence-electron chi connectivity index (χ1n) is 6.93. The van der Waals surface area contributed by atoms with Crippen LogP contribution >= 0.6 is 0 Å². The quantitative estimate of drug-likeness (QED) is 0.918. The van der Waals surface area contributed by atoms with Crippen LogP contribution in [0.25, 0.3) is 0 Å². The van der Waals surface area contributed by atoms with E-state index < -0.39 is 0 Å². The van der Waals surface area contributed by atoms with Gasteiger partial charge < -0.3 is 10.3 Å². The molecule has 3 rings (SSSR count). The minimum atomic E-state index is 0.281. The fourth-order valence-electron chi connectivity index (χ4n) is 2.74. The van der Waals surface area contributed by atoms with E-state index in [9.17, 15) is 0 Å². The van der Waals surface area contributed by atoms with Crippen molar-refractivity contribution in [3.05, 3.63) is 47.6 Å². The second-order valence-corrected chi connectivity index (χ2v) is 5.33. The largest absolute Gasteiger partial charge is 0.339 e. The smallest absolute Gasteiger partial charge is 0.229 e. The molecule has 0 saturated heterocycles. The maximum Gasteiger partial charge on any atom is 0.229 e. The molecule has 1 aliphatic rings. The minimum Gasteiger partial charge on any atom is -0.339 e. The summed E-state index contributed by atoms with van der Waals surface area (Å²) >= 11 is 0. The summed E-state index contributed by atoms with van der Waals surface area (Å²) < 4.78 is 5.41. The minimum absolute atomic E-state index is 0.281. The summed E-state index contributed by atoms with van der Waals surface area (Å²) in [6.07, 6.45) is 5.07. The topological polar surface area (TPSA) is 64.9 Å². The van der Waals surface area contributed by atoms with Crippen LogP contribution in [0.15, 0.2) is 34.9 Å². The Bertz CT molecular complexity index is 523. The molecule has 2 aromatic rings. The van der Waals surface area contributed by atoms with E-state index in [1.54, 1.807) is 0 Å². The molecule has 0 spiro atoms. The monoisotopic (exact) mass is 257 g/mol. The molecule has 1 aromatic carbocycles. The zero-order valence-electron chi connectivity index (χ0n) is 11.0. The summed E-state index contributed by atoms with van der Waals surface area (Å²) in [6.45, 7) is 0. The number of nitrogens with two attached hydrogens (primary N) is 1. The van der Waals surface area contributed by atoms with Crippen LogP contribution in [0.1, 0.15) is 48.9 Å². The number of nitrogens with zero attached hydrogens (tertiary/aromatic N) is 2. The fraction of sp³-hybridized carbons (Fsp3) is 0.467. The molecule has 4 nitrogen and oxygen atoms in total. The molecular weight excluding hydrogens is 238 g/mol. The Balaban J connectivity index is 1.69. The molecule has 0 radical (unpaired) electrons. The van der Waals surface area contributed by atoms with Gasteiger partial charge in [-0.25, -0.2) is 0 Å². The molecule has 2 N–H and O–H groups in total. The van der Waals surface area contributed by atoms with Gasteiger partial charge in [0.1, 0.15) is 0 Å². The Morgan fingerprint density at radius 1 is 1.21 bits per heavy atom. The maximum absolute atomic E-state index is 6.00. The van der Waals surface area contributed by atoms with Crippen LogP contribution in [0, 0.1) is 0 Å². The van der Waals surface area contributed by atoms with Crippen LogP contribution in [-0.2, 0) is 6.42 Å². The van der Waals surface area contributed by atoms with E-state index in [0.29, 0.717) is 5.92 Å². The lowest BCUT2D eigenvalue weighted by Gasteiger charge is -2.23. The van der Waals surface area contributed by atoms with Crippen LogP contribution in [-0.4, -0.2) is 16.2 Å². The van der Waals surface area contributed by atoms with Crippen molar-refractivity contribution in [2.24, 2.45) is 5.73 Å². The lowest BCUT2D eigenvalue weighted by molar-refractivity contribution is 0.297. The third-order valence-corrected chi connectivity index (χ3v) is 3.75. The van der Waals surface area contributed by atoms with Crippen LogP contribution in [0.5, 0.6) is 0 Å². The lowest BCUT2D eigenvalue weighted by atomic mass is 9.86. The van der Waals surface area contributed by atoms with Crippen molar-refractivity contribution < 1.29 is 4.52 Å². The van der Waals surface area contributed by atoms with Gasteiger partial charge in [0, 0.05) is 18.4 Å². The van der Waals surface area contributed by atoms with Gasteiger partial charge in [-0.15, -0.1) is 0 Å². The van der Waals surface area contributed by atoms with E-state index in [2.05, 4.69) is 22.3 Å². The Labute approximate surface area is 113 Å². The molecule has 4 heteroatoms. The summed E-state index contributed by atoms with van der Waals surface area (Å²) in [5.74, 6) is 1.88. The Kier molecular flexibility index (Phi) is 3.60. The first-order valence-corrected chi connectivity index (χ1v) is 6.93. The summed E-state index contributed by atoms with van der Waals surface area (Å²) in [6, 6.07) is 10.5. The molecule has 1 aliphatic carbocycles. The standard InChI is InChI=1S/C15H19N3O/c16-13-8-4-7-12(10-13)15-17-14(18-19-15)9-11-5-2-1-3-6-11/h1-3,5-6,12-13H,4,7-10,16H2. The van der Waals surface area contributed by atoms with Gasteiger partial charge in [-0.2, -0.15) is 4.98 Å². The first kappa shape index (κ1) is 12.4. The number of rotatable bonds is 3. The summed E-state index contributed by atoms with van der Waals surface area (Å²) in [7, 11) is 0. The fourth-order valence-corrected chi connectivity index (χ4v) is 2.74. The molecule has 1 saturated carbocycles. The highest BCUT2D eigenvalue weighted by Crippen LogP contribution is 2.31. The molecule has 19 heavy (non-hydrogen) atoms. The average molecular weight is 257 g/mol. The molecule has 1 fully saturated rings. The highest BCUT2D eigenvalue weighted by Gasteiger charge is 2.25. The lowest BCUT2D eigenvalue weighted by Crippen LogP contribution is -2.26. The SMILES string of the molecule is NC1CCCC(c2nc(Cc3ccccc3)no2)C1. The molecule has 2 atom stereocenters. The molecule has 0 amide bonds. The predicted molar refractivity (Wildman–Crippen MR) is 72.7 cm³/mol. The first-order chi connectivity index (χ1) is 9.31. The highest BCUT2D eigenvalue weighted by molar-refractivity contribution is 5.18. The molecule has 1 heterocycles. The van der Waals surface area contributed by atoms with E-state index in [4.69, 9.17) is 10.3 Å². The van der Waals surface area contributed by atoms with Crippen molar-refractivity contribution in [2.75, 3.05) is 0 Å². The summed E-state index contributed by atoms with van der Waals surface area (Å²) in [4.78, 5) is 4.53. The molecule has 100 valence electrons. The summed E-state index contributed by atoms with van der Waals surface area (Å²) in [5.41, 5.74) is 7.21. The van der Waals surface area contributed by atoms with Crippen molar-refractivity contribution in [2.45, 2.75) is 44.1 Å². The third-order valence-electron chi connectivity index (χ3n) is 3.75. The van der Waals surface area contributed by atoms with Crippen LogP contribution in [0.4, 0.5) is 0 Å². The van der Waals surface area contributed by atoms with Crippen molar-refractivity contribution in [1.82, 2.24) is 10.1 Å². The molecule has 2 unspecified atom stereocenters. The Hall–Kier alpha value is -1.68. The Morgan fingerprint density at radius 3 is 2.84 bits per heavy atom. The highest BCUT2D eigenvalue weighted by atomic mass is 16.5. The number of aromatic nitrogens is 2. The van der Waals surface area contributed by atoms with E-state index in [1.165, 1.54) is 5.56 Å². The third kappa shape index (κ3) is 3.01. The second kappa shape index (κ2) is 5.53. The van der Waals surface area contributed by atoms with Gasteiger partial charge in [-0.1, -0.05) is 41.9 Å². The average Bonchev–Trinajstić information content (AvgIpc) is 2.88. The van der Waals surface area contributed by atoms with Gasteiger partial charge in [0.05, 0.1) is 0 Å². The van der Waals surface area contributed by atoms with Gasteiger partial charge in [-0.3, -0.25) is 0 Å².